The lowest BCUT2D eigenvalue weighted by Gasteiger charge is -2.12. The van der Waals surface area contributed by atoms with Crippen molar-refractivity contribution in [3.8, 4) is 11.1 Å². The lowest BCUT2D eigenvalue weighted by Crippen LogP contribution is -2.24. The van der Waals surface area contributed by atoms with Crippen molar-refractivity contribution in [1.82, 2.24) is 5.32 Å². The van der Waals surface area contributed by atoms with E-state index in [0.717, 1.165) is 29.5 Å². The number of carbonyl (C=O) groups is 1. The van der Waals surface area contributed by atoms with Gasteiger partial charge >= 0.3 is 0 Å². The Labute approximate surface area is 151 Å². The third kappa shape index (κ3) is 5.04. The molecular weight excluding hydrogens is 401 g/mol. The van der Waals surface area contributed by atoms with Gasteiger partial charge in [0.2, 0.25) is 0 Å². The van der Waals surface area contributed by atoms with Gasteiger partial charge in [0.05, 0.1) is 6.61 Å². The molecule has 0 unspecified atom stereocenters. The lowest BCUT2D eigenvalue weighted by atomic mass is 9.97. The van der Waals surface area contributed by atoms with E-state index >= 15 is 0 Å². The molecular formula is C19H22INO2. The van der Waals surface area contributed by atoms with Gasteiger partial charge in [0.1, 0.15) is 0 Å². The van der Waals surface area contributed by atoms with E-state index in [1.54, 1.807) is 7.11 Å². The fraction of sp³-hybridized carbons (Fsp3) is 0.316. The van der Waals surface area contributed by atoms with Crippen LogP contribution in [-0.4, -0.2) is 19.6 Å². The molecule has 0 atom stereocenters. The van der Waals surface area contributed by atoms with E-state index in [4.69, 9.17) is 4.74 Å². The number of benzene rings is 2. The maximum absolute atomic E-state index is 12.2. The Morgan fingerprint density at radius 3 is 2.57 bits per heavy atom. The van der Waals surface area contributed by atoms with Crippen LogP contribution in [0.1, 0.15) is 35.7 Å². The molecule has 0 saturated carbocycles. The van der Waals surface area contributed by atoms with Crippen LogP contribution in [0.25, 0.3) is 11.1 Å². The number of hydrogen-bond acceptors (Lipinski definition) is 2. The van der Waals surface area contributed by atoms with Crippen LogP contribution in [-0.2, 0) is 11.3 Å². The highest BCUT2D eigenvalue weighted by Gasteiger charge is 2.11. The quantitative estimate of drug-likeness (QED) is 0.521. The number of rotatable bonds is 7. The molecule has 1 amide bonds. The Kier molecular flexibility index (Phi) is 7.05. The highest BCUT2D eigenvalue weighted by Crippen LogP contribution is 2.26. The van der Waals surface area contributed by atoms with Gasteiger partial charge in [-0.3, -0.25) is 4.79 Å². The number of unbranched alkanes of at least 4 members (excludes halogenated alkanes) is 1. The first kappa shape index (κ1) is 17.9. The fourth-order valence-electron chi connectivity index (χ4n) is 2.40. The summed E-state index contributed by atoms with van der Waals surface area (Å²) in [5.41, 5.74) is 3.95. The highest BCUT2D eigenvalue weighted by molar-refractivity contribution is 14.1. The third-order valence-corrected chi connectivity index (χ3v) is 4.36. The number of nitrogens with one attached hydrogen (secondary N) is 1. The first-order valence-corrected chi connectivity index (χ1v) is 8.89. The van der Waals surface area contributed by atoms with Gasteiger partial charge in [0, 0.05) is 22.8 Å². The average molecular weight is 423 g/mol. The molecule has 0 heterocycles. The second kappa shape index (κ2) is 9.03. The molecule has 0 aliphatic carbocycles. The summed E-state index contributed by atoms with van der Waals surface area (Å²) in [7, 11) is 1.67. The topological polar surface area (TPSA) is 38.3 Å². The summed E-state index contributed by atoms with van der Waals surface area (Å²) < 4.78 is 6.51. The first-order chi connectivity index (χ1) is 11.2. The number of ether oxygens (including phenoxy) is 1. The molecule has 122 valence electrons. The SMILES string of the molecule is CCCCNC(=O)c1ccc(-c2ccc(I)cc2)c(COC)c1. The van der Waals surface area contributed by atoms with E-state index in [1.807, 2.05) is 18.2 Å². The monoisotopic (exact) mass is 423 g/mol. The molecule has 0 radical (unpaired) electrons. The molecule has 0 aliphatic rings. The van der Waals surface area contributed by atoms with Gasteiger partial charge in [-0.25, -0.2) is 0 Å². The summed E-state index contributed by atoms with van der Waals surface area (Å²) in [6.07, 6.45) is 2.07. The van der Waals surface area contributed by atoms with Crippen molar-refractivity contribution in [3.05, 3.63) is 57.2 Å². The number of carbonyl (C=O) groups excluding carboxylic acids is 1. The maximum atomic E-state index is 12.2. The summed E-state index contributed by atoms with van der Waals surface area (Å²) in [6.45, 7) is 3.31. The Bertz CT molecular complexity index is 653. The van der Waals surface area contributed by atoms with Crippen molar-refractivity contribution in [3.63, 3.8) is 0 Å². The molecule has 23 heavy (non-hydrogen) atoms. The van der Waals surface area contributed by atoms with Crippen LogP contribution in [0.3, 0.4) is 0 Å². The van der Waals surface area contributed by atoms with E-state index in [9.17, 15) is 4.79 Å². The second-order valence-electron chi connectivity index (χ2n) is 5.42. The smallest absolute Gasteiger partial charge is 0.251 e. The van der Waals surface area contributed by atoms with Crippen LogP contribution >= 0.6 is 22.6 Å². The number of amides is 1. The standard InChI is InChI=1S/C19H22INO2/c1-3-4-11-21-19(22)15-7-10-18(16(12-15)13-23-2)14-5-8-17(20)9-6-14/h5-10,12H,3-4,11,13H2,1-2H3,(H,21,22). The van der Waals surface area contributed by atoms with Gasteiger partial charge in [0.15, 0.2) is 0 Å². The summed E-state index contributed by atoms with van der Waals surface area (Å²) in [6, 6.07) is 14.2. The molecule has 0 spiro atoms. The van der Waals surface area contributed by atoms with Crippen LogP contribution in [0.5, 0.6) is 0 Å². The zero-order valence-corrected chi connectivity index (χ0v) is 15.7. The first-order valence-electron chi connectivity index (χ1n) is 7.81. The second-order valence-corrected chi connectivity index (χ2v) is 6.67. The van der Waals surface area contributed by atoms with E-state index < -0.39 is 0 Å². The van der Waals surface area contributed by atoms with Crippen LogP contribution in [0.4, 0.5) is 0 Å². The molecule has 2 aromatic carbocycles. The van der Waals surface area contributed by atoms with Crippen molar-refractivity contribution in [1.29, 1.82) is 0 Å². The predicted molar refractivity (Wildman–Crippen MR) is 103 cm³/mol. The Hall–Kier alpha value is -1.40. The molecule has 0 aromatic heterocycles. The Morgan fingerprint density at radius 1 is 1.17 bits per heavy atom. The van der Waals surface area contributed by atoms with Crippen LogP contribution in [0.15, 0.2) is 42.5 Å². The van der Waals surface area contributed by atoms with Crippen molar-refractivity contribution >= 4 is 28.5 Å². The molecule has 4 heteroatoms. The van der Waals surface area contributed by atoms with Crippen molar-refractivity contribution in [2.75, 3.05) is 13.7 Å². The molecule has 2 aromatic rings. The zero-order chi connectivity index (χ0) is 16.7. The predicted octanol–water partition coefficient (Wildman–Crippen LogP) is 4.63. The number of methoxy groups -OCH3 is 1. The van der Waals surface area contributed by atoms with Gasteiger partial charge in [-0.1, -0.05) is 31.5 Å². The Morgan fingerprint density at radius 2 is 1.91 bits per heavy atom. The molecule has 0 fully saturated rings. The van der Waals surface area contributed by atoms with Crippen LogP contribution < -0.4 is 5.32 Å². The van der Waals surface area contributed by atoms with Gasteiger partial charge in [-0.15, -0.1) is 0 Å². The fourth-order valence-corrected chi connectivity index (χ4v) is 2.76. The molecule has 3 nitrogen and oxygen atoms in total. The molecule has 1 N–H and O–H groups in total. The summed E-state index contributed by atoms with van der Waals surface area (Å²) in [5, 5.41) is 2.96. The van der Waals surface area contributed by atoms with Crippen molar-refractivity contribution in [2.24, 2.45) is 0 Å². The van der Waals surface area contributed by atoms with Gasteiger partial charge < -0.3 is 10.1 Å². The van der Waals surface area contributed by atoms with E-state index in [1.165, 1.54) is 3.57 Å². The largest absolute Gasteiger partial charge is 0.380 e. The lowest BCUT2D eigenvalue weighted by molar-refractivity contribution is 0.0953. The Balaban J connectivity index is 2.27. The van der Waals surface area contributed by atoms with Gasteiger partial charge in [0.25, 0.3) is 5.91 Å². The molecule has 0 bridgehead atoms. The molecule has 0 saturated heterocycles. The van der Waals surface area contributed by atoms with E-state index in [2.05, 4.69) is 59.1 Å². The van der Waals surface area contributed by atoms with Crippen LogP contribution in [0.2, 0.25) is 0 Å². The minimum absolute atomic E-state index is 0.0232. The van der Waals surface area contributed by atoms with Crippen LogP contribution in [0, 0.1) is 3.57 Å². The number of halogens is 1. The van der Waals surface area contributed by atoms with Crippen molar-refractivity contribution in [2.45, 2.75) is 26.4 Å². The summed E-state index contributed by atoms with van der Waals surface area (Å²) in [4.78, 5) is 12.2. The normalized spacial score (nSPS) is 10.6. The highest BCUT2D eigenvalue weighted by atomic mass is 127. The summed E-state index contributed by atoms with van der Waals surface area (Å²) in [5.74, 6) is -0.0232. The van der Waals surface area contributed by atoms with E-state index in [0.29, 0.717) is 18.7 Å². The minimum atomic E-state index is -0.0232. The number of hydrogen-bond donors (Lipinski definition) is 1. The van der Waals surface area contributed by atoms with Gasteiger partial charge in [-0.2, -0.15) is 0 Å². The minimum Gasteiger partial charge on any atom is -0.380 e. The average Bonchev–Trinajstić information content (AvgIpc) is 2.56. The van der Waals surface area contributed by atoms with E-state index in [-0.39, 0.29) is 5.91 Å². The molecule has 2 rings (SSSR count). The maximum Gasteiger partial charge on any atom is 0.251 e. The third-order valence-electron chi connectivity index (χ3n) is 3.64. The van der Waals surface area contributed by atoms with Crippen molar-refractivity contribution < 1.29 is 9.53 Å². The summed E-state index contributed by atoms with van der Waals surface area (Å²) >= 11 is 2.29. The molecule has 0 aliphatic heterocycles. The zero-order valence-electron chi connectivity index (χ0n) is 13.6. The van der Waals surface area contributed by atoms with Gasteiger partial charge in [-0.05, 0) is 70.0 Å².